The van der Waals surface area contributed by atoms with Crippen molar-refractivity contribution in [1.82, 2.24) is 0 Å². The summed E-state index contributed by atoms with van der Waals surface area (Å²) in [6.07, 6.45) is 0.694. The summed E-state index contributed by atoms with van der Waals surface area (Å²) in [7, 11) is -4.41. The molecular weight excluding hydrogens is 248 g/mol. The van der Waals surface area contributed by atoms with Crippen LogP contribution in [0.15, 0.2) is 23.1 Å². The highest BCUT2D eigenvalue weighted by Gasteiger charge is 2.17. The molecule has 1 aromatic rings. The highest BCUT2D eigenvalue weighted by Crippen LogP contribution is 2.22. The van der Waals surface area contributed by atoms with E-state index in [0.29, 0.717) is 13.0 Å². The van der Waals surface area contributed by atoms with E-state index in [1.165, 1.54) is 6.07 Å². The molecule has 0 aliphatic rings. The zero-order valence-electron chi connectivity index (χ0n) is 9.08. The average Bonchev–Trinajstić information content (AvgIpc) is 2.24. The number of hydrogen-bond acceptors (Lipinski definition) is 4. The molecule has 0 amide bonds. The summed E-state index contributed by atoms with van der Waals surface area (Å²) in [6, 6.07) is 3.16. The van der Waals surface area contributed by atoms with Crippen LogP contribution < -0.4 is 4.74 Å². The summed E-state index contributed by atoms with van der Waals surface area (Å²) in [5, 5.41) is 8.90. The molecule has 0 atom stereocenters. The predicted molar refractivity (Wildman–Crippen MR) is 59.0 cm³/mol. The number of hydrogen-bond donors (Lipinski definition) is 2. The molecule has 0 saturated carbocycles. The second-order valence-electron chi connectivity index (χ2n) is 3.29. The zero-order valence-corrected chi connectivity index (χ0v) is 9.90. The fraction of sp³-hybridized carbons (Fsp3) is 0.300. The van der Waals surface area contributed by atoms with Crippen LogP contribution in [0.3, 0.4) is 0 Å². The van der Waals surface area contributed by atoms with Crippen LogP contribution in [-0.2, 0) is 10.1 Å². The maximum absolute atomic E-state index is 10.9. The van der Waals surface area contributed by atoms with Crippen LogP contribution >= 0.6 is 0 Å². The van der Waals surface area contributed by atoms with Crippen LogP contribution in [0.4, 0.5) is 0 Å². The molecule has 1 rings (SSSR count). The third kappa shape index (κ3) is 3.43. The molecule has 0 aromatic heterocycles. The molecule has 6 nitrogen and oxygen atoms in total. The summed E-state index contributed by atoms with van der Waals surface area (Å²) >= 11 is 0. The second-order valence-corrected chi connectivity index (χ2v) is 4.71. The van der Waals surface area contributed by atoms with Crippen LogP contribution in [0.5, 0.6) is 5.75 Å². The molecule has 1 aromatic carbocycles. The Labute approximate surface area is 98.6 Å². The van der Waals surface area contributed by atoms with E-state index in [9.17, 15) is 13.2 Å². The minimum Gasteiger partial charge on any atom is -0.493 e. The van der Waals surface area contributed by atoms with Gasteiger partial charge in [0.2, 0.25) is 0 Å². The lowest BCUT2D eigenvalue weighted by molar-refractivity contribution is 0.0692. The second kappa shape index (κ2) is 5.15. The van der Waals surface area contributed by atoms with E-state index in [4.69, 9.17) is 14.4 Å². The lowest BCUT2D eigenvalue weighted by Gasteiger charge is -2.08. The maximum atomic E-state index is 10.9. The first-order chi connectivity index (χ1) is 7.86. The highest BCUT2D eigenvalue weighted by molar-refractivity contribution is 7.85. The van der Waals surface area contributed by atoms with Crippen LogP contribution in [-0.4, -0.2) is 30.7 Å². The lowest BCUT2D eigenvalue weighted by Crippen LogP contribution is -2.06. The van der Waals surface area contributed by atoms with E-state index in [-0.39, 0.29) is 11.3 Å². The van der Waals surface area contributed by atoms with Gasteiger partial charge in [0.15, 0.2) is 0 Å². The molecule has 2 N–H and O–H groups in total. The van der Waals surface area contributed by atoms with Gasteiger partial charge in [-0.15, -0.1) is 0 Å². The van der Waals surface area contributed by atoms with E-state index in [0.717, 1.165) is 12.1 Å². The molecule has 0 saturated heterocycles. The molecule has 0 aliphatic heterocycles. The van der Waals surface area contributed by atoms with E-state index in [1.807, 2.05) is 6.92 Å². The third-order valence-electron chi connectivity index (χ3n) is 1.94. The first kappa shape index (κ1) is 13.5. The molecular formula is C10H12O6S. The number of carboxylic acid groups (broad SMARTS) is 1. The Kier molecular flexibility index (Phi) is 4.08. The van der Waals surface area contributed by atoms with Gasteiger partial charge >= 0.3 is 5.97 Å². The van der Waals surface area contributed by atoms with E-state index in [1.54, 1.807) is 0 Å². The molecule has 94 valence electrons. The van der Waals surface area contributed by atoms with Crippen LogP contribution in [0.2, 0.25) is 0 Å². The SMILES string of the molecule is CCCOc1ccc(S(=O)(=O)O)cc1C(=O)O. The van der Waals surface area contributed by atoms with Gasteiger partial charge in [0.25, 0.3) is 10.1 Å². The van der Waals surface area contributed by atoms with Crippen LogP contribution in [0.25, 0.3) is 0 Å². The van der Waals surface area contributed by atoms with Crippen molar-refractivity contribution in [2.24, 2.45) is 0 Å². The number of carboxylic acids is 1. The van der Waals surface area contributed by atoms with Crippen molar-refractivity contribution in [2.45, 2.75) is 18.2 Å². The molecule has 0 spiro atoms. The van der Waals surface area contributed by atoms with Crippen molar-refractivity contribution in [2.75, 3.05) is 6.61 Å². The summed E-state index contributed by atoms with van der Waals surface area (Å²) in [5.41, 5.74) is -0.298. The van der Waals surface area contributed by atoms with Crippen molar-refractivity contribution in [3.8, 4) is 5.75 Å². The molecule has 17 heavy (non-hydrogen) atoms. The van der Waals surface area contributed by atoms with Gasteiger partial charge in [-0.05, 0) is 24.6 Å². The monoisotopic (exact) mass is 260 g/mol. The van der Waals surface area contributed by atoms with Gasteiger partial charge in [0.1, 0.15) is 11.3 Å². The molecule has 0 bridgehead atoms. The van der Waals surface area contributed by atoms with Gasteiger partial charge in [-0.3, -0.25) is 4.55 Å². The zero-order chi connectivity index (χ0) is 13.1. The normalized spacial score (nSPS) is 11.2. The van der Waals surface area contributed by atoms with Gasteiger partial charge in [-0.2, -0.15) is 8.42 Å². The Bertz CT molecular complexity index is 520. The fourth-order valence-corrected chi connectivity index (χ4v) is 1.68. The number of benzene rings is 1. The summed E-state index contributed by atoms with van der Waals surface area (Å²) in [5.74, 6) is -1.24. The predicted octanol–water partition coefficient (Wildman–Crippen LogP) is 1.42. The topological polar surface area (TPSA) is 101 Å². The van der Waals surface area contributed by atoms with Crippen molar-refractivity contribution in [1.29, 1.82) is 0 Å². The standard InChI is InChI=1S/C10H12O6S/c1-2-5-16-9-4-3-7(17(13,14)15)6-8(9)10(11)12/h3-4,6H,2,5H2,1H3,(H,11,12)(H,13,14,15). The average molecular weight is 260 g/mol. The number of rotatable bonds is 5. The fourth-order valence-electron chi connectivity index (χ4n) is 1.17. The highest BCUT2D eigenvalue weighted by atomic mass is 32.2. The Morgan fingerprint density at radius 1 is 1.41 bits per heavy atom. The van der Waals surface area contributed by atoms with Gasteiger partial charge in [-0.25, -0.2) is 4.79 Å². The van der Waals surface area contributed by atoms with Crippen molar-refractivity contribution < 1.29 is 27.6 Å². The molecule has 0 unspecified atom stereocenters. The lowest BCUT2D eigenvalue weighted by atomic mass is 10.2. The summed E-state index contributed by atoms with van der Waals surface area (Å²) in [4.78, 5) is 10.4. The third-order valence-corrected chi connectivity index (χ3v) is 2.79. The van der Waals surface area contributed by atoms with E-state index in [2.05, 4.69) is 0 Å². The van der Waals surface area contributed by atoms with Crippen molar-refractivity contribution in [3.05, 3.63) is 23.8 Å². The minimum atomic E-state index is -4.41. The van der Waals surface area contributed by atoms with Crippen LogP contribution in [0.1, 0.15) is 23.7 Å². The summed E-state index contributed by atoms with van der Waals surface area (Å²) in [6.45, 7) is 2.18. The van der Waals surface area contributed by atoms with Gasteiger partial charge in [-0.1, -0.05) is 6.92 Å². The van der Waals surface area contributed by atoms with Gasteiger partial charge in [0.05, 0.1) is 11.5 Å². The number of carbonyl (C=O) groups is 1. The van der Waals surface area contributed by atoms with E-state index >= 15 is 0 Å². The molecule has 7 heteroatoms. The first-order valence-corrected chi connectivity index (χ1v) is 6.28. The molecule has 0 aliphatic carbocycles. The molecule has 0 radical (unpaired) electrons. The number of aromatic carboxylic acids is 1. The largest absolute Gasteiger partial charge is 0.493 e. The quantitative estimate of drug-likeness (QED) is 0.776. The van der Waals surface area contributed by atoms with E-state index < -0.39 is 21.0 Å². The van der Waals surface area contributed by atoms with Crippen molar-refractivity contribution in [3.63, 3.8) is 0 Å². The Morgan fingerprint density at radius 3 is 2.53 bits per heavy atom. The van der Waals surface area contributed by atoms with Crippen molar-refractivity contribution >= 4 is 16.1 Å². The molecule has 0 fully saturated rings. The Morgan fingerprint density at radius 2 is 2.06 bits per heavy atom. The summed E-state index contributed by atoms with van der Waals surface area (Å²) < 4.78 is 35.7. The minimum absolute atomic E-state index is 0.0757. The Balaban J connectivity index is 3.22. The smallest absolute Gasteiger partial charge is 0.339 e. The van der Waals surface area contributed by atoms with Crippen LogP contribution in [0, 0.1) is 0 Å². The molecule has 0 heterocycles. The van der Waals surface area contributed by atoms with Gasteiger partial charge < -0.3 is 9.84 Å². The van der Waals surface area contributed by atoms with Gasteiger partial charge in [0, 0.05) is 0 Å². The maximum Gasteiger partial charge on any atom is 0.339 e. The first-order valence-electron chi connectivity index (χ1n) is 4.84. The number of ether oxygens (including phenoxy) is 1. The Hall–Kier alpha value is -1.60.